The molecule has 0 aromatic carbocycles. The molecule has 2 heterocycles. The lowest BCUT2D eigenvalue weighted by Gasteiger charge is -2.21. The predicted molar refractivity (Wildman–Crippen MR) is 76.9 cm³/mol. The van der Waals surface area contributed by atoms with Gasteiger partial charge in [0.25, 0.3) is 5.91 Å². The Balaban J connectivity index is 2.06. The van der Waals surface area contributed by atoms with Gasteiger partial charge in [-0.3, -0.25) is 4.79 Å². The highest BCUT2D eigenvalue weighted by molar-refractivity contribution is 7.14. The highest BCUT2D eigenvalue weighted by Crippen LogP contribution is 2.21. The van der Waals surface area contributed by atoms with Gasteiger partial charge in [0.1, 0.15) is 0 Å². The predicted octanol–water partition coefficient (Wildman–Crippen LogP) is 2.10. The van der Waals surface area contributed by atoms with Crippen LogP contribution in [0.5, 0.6) is 0 Å². The van der Waals surface area contributed by atoms with Gasteiger partial charge in [0.05, 0.1) is 11.0 Å². The van der Waals surface area contributed by atoms with Crippen molar-refractivity contribution < 1.29 is 19.4 Å². The molecular formula is C14H17NO4S. The molecule has 1 aliphatic heterocycles. The number of amides is 1. The second-order valence-electron chi connectivity index (χ2n) is 4.66. The Hall–Kier alpha value is -1.66. The van der Waals surface area contributed by atoms with Gasteiger partial charge in [-0.05, 0) is 31.6 Å². The van der Waals surface area contributed by atoms with E-state index in [0.29, 0.717) is 24.6 Å². The minimum absolute atomic E-state index is 0.0117. The number of aliphatic carboxylic acids is 1. The van der Waals surface area contributed by atoms with Crippen LogP contribution >= 0.6 is 11.3 Å². The zero-order chi connectivity index (χ0) is 14.5. The Bertz CT molecular complexity index is 523. The van der Waals surface area contributed by atoms with E-state index in [0.717, 1.165) is 17.4 Å². The summed E-state index contributed by atoms with van der Waals surface area (Å²) in [5, 5.41) is 8.58. The molecule has 1 saturated heterocycles. The number of thiophene rings is 1. The van der Waals surface area contributed by atoms with Crippen LogP contribution in [0.15, 0.2) is 18.2 Å². The van der Waals surface area contributed by atoms with Gasteiger partial charge in [-0.25, -0.2) is 4.79 Å². The SMILES string of the molecule is CC1CN(C(=O)c2ccc(C=CC(=O)O)s2)CCCO1. The minimum atomic E-state index is -0.996. The van der Waals surface area contributed by atoms with Gasteiger partial charge in [0, 0.05) is 30.6 Å². The summed E-state index contributed by atoms with van der Waals surface area (Å²) >= 11 is 1.30. The third-order valence-corrected chi connectivity index (χ3v) is 4.01. The Kier molecular flexibility index (Phi) is 4.92. The van der Waals surface area contributed by atoms with Crippen molar-refractivity contribution in [3.8, 4) is 0 Å². The van der Waals surface area contributed by atoms with Crippen LogP contribution in [0.4, 0.5) is 0 Å². The number of nitrogens with zero attached hydrogens (tertiary/aromatic N) is 1. The number of carboxylic acid groups (broad SMARTS) is 1. The minimum Gasteiger partial charge on any atom is -0.478 e. The highest BCUT2D eigenvalue weighted by Gasteiger charge is 2.21. The van der Waals surface area contributed by atoms with Crippen LogP contribution in [-0.2, 0) is 9.53 Å². The van der Waals surface area contributed by atoms with Gasteiger partial charge in [-0.2, -0.15) is 0 Å². The van der Waals surface area contributed by atoms with Crippen LogP contribution in [0.2, 0.25) is 0 Å². The number of hydrogen-bond acceptors (Lipinski definition) is 4. The normalized spacial score (nSPS) is 20.1. The molecule has 2 rings (SSSR count). The smallest absolute Gasteiger partial charge is 0.328 e. The van der Waals surface area contributed by atoms with Gasteiger partial charge >= 0.3 is 5.97 Å². The van der Waals surface area contributed by atoms with Crippen molar-refractivity contribution in [3.05, 3.63) is 28.0 Å². The second kappa shape index (κ2) is 6.67. The van der Waals surface area contributed by atoms with E-state index in [1.54, 1.807) is 17.0 Å². The molecule has 1 amide bonds. The Morgan fingerprint density at radius 2 is 2.30 bits per heavy atom. The zero-order valence-electron chi connectivity index (χ0n) is 11.2. The van der Waals surface area contributed by atoms with E-state index >= 15 is 0 Å². The summed E-state index contributed by atoms with van der Waals surface area (Å²) < 4.78 is 5.52. The van der Waals surface area contributed by atoms with E-state index in [4.69, 9.17) is 9.84 Å². The van der Waals surface area contributed by atoms with E-state index in [-0.39, 0.29) is 12.0 Å². The maximum absolute atomic E-state index is 12.4. The molecule has 0 aliphatic carbocycles. The number of hydrogen-bond donors (Lipinski definition) is 1. The van der Waals surface area contributed by atoms with E-state index in [1.165, 1.54) is 17.4 Å². The molecule has 20 heavy (non-hydrogen) atoms. The average molecular weight is 295 g/mol. The topological polar surface area (TPSA) is 66.8 Å². The van der Waals surface area contributed by atoms with Crippen LogP contribution in [0.25, 0.3) is 6.08 Å². The molecule has 0 saturated carbocycles. The molecule has 1 aromatic heterocycles. The van der Waals surface area contributed by atoms with Gasteiger partial charge in [-0.1, -0.05) is 0 Å². The third kappa shape index (κ3) is 3.91. The summed E-state index contributed by atoms with van der Waals surface area (Å²) in [7, 11) is 0. The molecule has 1 atom stereocenters. The number of carbonyl (C=O) groups excluding carboxylic acids is 1. The highest BCUT2D eigenvalue weighted by atomic mass is 32.1. The van der Waals surface area contributed by atoms with Crippen molar-refractivity contribution in [2.45, 2.75) is 19.4 Å². The van der Waals surface area contributed by atoms with E-state index in [1.807, 2.05) is 6.92 Å². The Morgan fingerprint density at radius 1 is 1.50 bits per heavy atom. The number of carboxylic acids is 1. The van der Waals surface area contributed by atoms with Crippen molar-refractivity contribution in [3.63, 3.8) is 0 Å². The molecule has 5 nitrogen and oxygen atoms in total. The van der Waals surface area contributed by atoms with Gasteiger partial charge < -0.3 is 14.7 Å². The van der Waals surface area contributed by atoms with Crippen LogP contribution < -0.4 is 0 Å². The van der Waals surface area contributed by atoms with Gasteiger partial charge in [-0.15, -0.1) is 11.3 Å². The number of carbonyl (C=O) groups is 2. The van der Waals surface area contributed by atoms with Crippen molar-refractivity contribution in [2.24, 2.45) is 0 Å². The lowest BCUT2D eigenvalue weighted by molar-refractivity contribution is -0.131. The summed E-state index contributed by atoms with van der Waals surface area (Å²) in [6.45, 7) is 3.93. The maximum Gasteiger partial charge on any atom is 0.328 e. The average Bonchev–Trinajstić information content (AvgIpc) is 2.77. The van der Waals surface area contributed by atoms with Crippen LogP contribution in [-0.4, -0.2) is 47.7 Å². The molecule has 1 N–H and O–H groups in total. The maximum atomic E-state index is 12.4. The number of rotatable bonds is 3. The Labute approximate surface area is 121 Å². The summed E-state index contributed by atoms with van der Waals surface area (Å²) in [5.74, 6) is -1.01. The van der Waals surface area contributed by atoms with Gasteiger partial charge in [0.2, 0.25) is 0 Å². The van der Waals surface area contributed by atoms with Crippen LogP contribution in [0.1, 0.15) is 27.9 Å². The van der Waals surface area contributed by atoms with Gasteiger partial charge in [0.15, 0.2) is 0 Å². The van der Waals surface area contributed by atoms with Crippen LogP contribution in [0, 0.1) is 0 Å². The molecule has 0 radical (unpaired) electrons. The summed E-state index contributed by atoms with van der Waals surface area (Å²) in [5.41, 5.74) is 0. The van der Waals surface area contributed by atoms with Crippen molar-refractivity contribution in [1.29, 1.82) is 0 Å². The van der Waals surface area contributed by atoms with Crippen molar-refractivity contribution >= 4 is 29.3 Å². The molecular weight excluding hydrogens is 278 g/mol. The van der Waals surface area contributed by atoms with E-state index in [9.17, 15) is 9.59 Å². The number of ether oxygens (including phenoxy) is 1. The van der Waals surface area contributed by atoms with Crippen molar-refractivity contribution in [2.75, 3.05) is 19.7 Å². The van der Waals surface area contributed by atoms with E-state index < -0.39 is 5.97 Å². The first kappa shape index (κ1) is 14.7. The first-order chi connectivity index (χ1) is 9.56. The van der Waals surface area contributed by atoms with Crippen LogP contribution in [0.3, 0.4) is 0 Å². The largest absolute Gasteiger partial charge is 0.478 e. The lowest BCUT2D eigenvalue weighted by atomic mass is 10.3. The lowest BCUT2D eigenvalue weighted by Crippen LogP contribution is -2.35. The first-order valence-electron chi connectivity index (χ1n) is 6.48. The fourth-order valence-electron chi connectivity index (χ4n) is 2.05. The quantitative estimate of drug-likeness (QED) is 0.867. The molecule has 108 valence electrons. The molecule has 0 spiro atoms. The molecule has 1 aliphatic rings. The van der Waals surface area contributed by atoms with E-state index in [2.05, 4.69) is 0 Å². The molecule has 6 heteroatoms. The molecule has 1 aromatic rings. The summed E-state index contributed by atoms with van der Waals surface area (Å²) in [6.07, 6.45) is 3.46. The third-order valence-electron chi connectivity index (χ3n) is 2.97. The molecule has 0 bridgehead atoms. The monoisotopic (exact) mass is 295 g/mol. The summed E-state index contributed by atoms with van der Waals surface area (Å²) in [6, 6.07) is 3.50. The fraction of sp³-hybridized carbons (Fsp3) is 0.429. The second-order valence-corrected chi connectivity index (χ2v) is 5.78. The standard InChI is InChI=1S/C14H17NO4S/c1-10-9-15(7-2-8-19-10)14(18)12-5-3-11(20-12)4-6-13(16)17/h3-6,10H,2,7-9H2,1H3,(H,16,17). The Morgan fingerprint density at radius 3 is 3.05 bits per heavy atom. The summed E-state index contributed by atoms with van der Waals surface area (Å²) in [4.78, 5) is 26.0. The fourth-order valence-corrected chi connectivity index (χ4v) is 2.92. The van der Waals surface area contributed by atoms with Crippen molar-refractivity contribution in [1.82, 2.24) is 4.90 Å². The first-order valence-corrected chi connectivity index (χ1v) is 7.29. The zero-order valence-corrected chi connectivity index (χ0v) is 12.1. The molecule has 1 fully saturated rings. The molecule has 1 unspecified atom stereocenters.